The quantitative estimate of drug-likeness (QED) is 0.562. The van der Waals surface area contributed by atoms with Crippen molar-refractivity contribution in [2.45, 2.75) is 12.4 Å². The summed E-state index contributed by atoms with van der Waals surface area (Å²) < 4.78 is 20.5. The zero-order valence-electron chi connectivity index (χ0n) is 11.0. The average molecular weight is 256 g/mol. The minimum atomic E-state index is -0.904. The molecule has 0 aliphatic carbocycles. The Labute approximate surface area is 107 Å². The number of aliphatic hydroxyl groups excluding tert-OH is 1. The predicted octanol–water partition coefficient (Wildman–Crippen LogP) is 1.36. The van der Waals surface area contributed by atoms with E-state index in [1.165, 1.54) is 14.2 Å². The first-order valence-electron chi connectivity index (χ1n) is 5.69. The predicted molar refractivity (Wildman–Crippen MR) is 66.6 cm³/mol. The van der Waals surface area contributed by atoms with Crippen molar-refractivity contribution in [3.63, 3.8) is 0 Å². The monoisotopic (exact) mass is 256 g/mol. The van der Waals surface area contributed by atoms with Gasteiger partial charge >= 0.3 is 0 Å². The SMILES string of the molecule is COCCOc1ccccc1C(O)C(OC)OC. The van der Waals surface area contributed by atoms with Crippen molar-refractivity contribution >= 4 is 0 Å². The summed E-state index contributed by atoms with van der Waals surface area (Å²) in [6.45, 7) is 0.910. The molecule has 5 heteroatoms. The van der Waals surface area contributed by atoms with Crippen LogP contribution in [0.2, 0.25) is 0 Å². The van der Waals surface area contributed by atoms with Crippen LogP contribution in [0.15, 0.2) is 24.3 Å². The molecule has 0 radical (unpaired) electrons. The molecule has 1 aromatic rings. The number of hydrogen-bond acceptors (Lipinski definition) is 5. The van der Waals surface area contributed by atoms with E-state index < -0.39 is 12.4 Å². The number of rotatable bonds is 8. The number of para-hydroxylation sites is 1. The van der Waals surface area contributed by atoms with Gasteiger partial charge in [0, 0.05) is 26.9 Å². The van der Waals surface area contributed by atoms with E-state index in [1.54, 1.807) is 19.2 Å². The topological polar surface area (TPSA) is 57.2 Å². The Morgan fingerprint density at radius 1 is 1.06 bits per heavy atom. The lowest BCUT2D eigenvalue weighted by Crippen LogP contribution is -2.23. The van der Waals surface area contributed by atoms with Gasteiger partial charge in [-0.3, -0.25) is 0 Å². The van der Waals surface area contributed by atoms with Crippen molar-refractivity contribution < 1.29 is 24.1 Å². The van der Waals surface area contributed by atoms with E-state index in [0.717, 1.165) is 0 Å². The number of ether oxygens (including phenoxy) is 4. The second-order valence-corrected chi connectivity index (χ2v) is 3.66. The van der Waals surface area contributed by atoms with Crippen molar-refractivity contribution in [2.75, 3.05) is 34.5 Å². The first-order valence-corrected chi connectivity index (χ1v) is 5.69. The summed E-state index contributed by atoms with van der Waals surface area (Å²) in [5.41, 5.74) is 0.627. The average Bonchev–Trinajstić information content (AvgIpc) is 2.41. The van der Waals surface area contributed by atoms with E-state index >= 15 is 0 Å². The van der Waals surface area contributed by atoms with Crippen LogP contribution in [0.5, 0.6) is 5.75 Å². The summed E-state index contributed by atoms with van der Waals surface area (Å²) in [5.74, 6) is 0.598. The Kier molecular flexibility index (Phi) is 6.67. The molecular formula is C13H20O5. The normalized spacial score (nSPS) is 12.7. The zero-order chi connectivity index (χ0) is 13.4. The van der Waals surface area contributed by atoms with Gasteiger partial charge in [-0.2, -0.15) is 0 Å². The number of methoxy groups -OCH3 is 3. The van der Waals surface area contributed by atoms with Crippen LogP contribution < -0.4 is 4.74 Å². The van der Waals surface area contributed by atoms with Gasteiger partial charge in [0.15, 0.2) is 6.29 Å². The van der Waals surface area contributed by atoms with Crippen molar-refractivity contribution in [3.05, 3.63) is 29.8 Å². The highest BCUT2D eigenvalue weighted by atomic mass is 16.7. The van der Waals surface area contributed by atoms with Gasteiger partial charge in [-0.15, -0.1) is 0 Å². The van der Waals surface area contributed by atoms with Crippen LogP contribution in [0.1, 0.15) is 11.7 Å². The largest absolute Gasteiger partial charge is 0.491 e. The van der Waals surface area contributed by atoms with Crippen molar-refractivity contribution in [2.24, 2.45) is 0 Å². The van der Waals surface area contributed by atoms with Crippen molar-refractivity contribution in [3.8, 4) is 5.75 Å². The maximum Gasteiger partial charge on any atom is 0.187 e. The van der Waals surface area contributed by atoms with Gasteiger partial charge in [0.25, 0.3) is 0 Å². The van der Waals surface area contributed by atoms with E-state index in [4.69, 9.17) is 18.9 Å². The highest BCUT2D eigenvalue weighted by Crippen LogP contribution is 2.28. The molecule has 0 aliphatic heterocycles. The minimum Gasteiger partial charge on any atom is -0.491 e. The first-order chi connectivity index (χ1) is 8.74. The fourth-order valence-electron chi connectivity index (χ4n) is 1.59. The molecule has 0 heterocycles. The van der Waals surface area contributed by atoms with Gasteiger partial charge in [0.2, 0.25) is 0 Å². The van der Waals surface area contributed by atoms with Gasteiger partial charge in [-0.05, 0) is 6.07 Å². The lowest BCUT2D eigenvalue weighted by Gasteiger charge is -2.22. The van der Waals surface area contributed by atoms with E-state index in [2.05, 4.69) is 0 Å². The second-order valence-electron chi connectivity index (χ2n) is 3.66. The molecule has 1 atom stereocenters. The van der Waals surface area contributed by atoms with Gasteiger partial charge in [0.05, 0.1) is 6.61 Å². The van der Waals surface area contributed by atoms with E-state index in [1.807, 2.05) is 12.1 Å². The zero-order valence-corrected chi connectivity index (χ0v) is 11.0. The van der Waals surface area contributed by atoms with Crippen LogP contribution in [0.25, 0.3) is 0 Å². The summed E-state index contributed by atoms with van der Waals surface area (Å²) in [4.78, 5) is 0. The molecule has 1 aromatic carbocycles. The Morgan fingerprint density at radius 2 is 1.72 bits per heavy atom. The molecule has 5 nitrogen and oxygen atoms in total. The van der Waals surface area contributed by atoms with Crippen LogP contribution in [-0.2, 0) is 14.2 Å². The highest BCUT2D eigenvalue weighted by Gasteiger charge is 2.23. The van der Waals surface area contributed by atoms with E-state index in [9.17, 15) is 5.11 Å². The standard InChI is InChI=1S/C13H20O5/c1-15-8-9-18-11-7-5-4-6-10(11)12(14)13(16-2)17-3/h4-7,12-14H,8-9H2,1-3H3. The second kappa shape index (κ2) is 8.05. The van der Waals surface area contributed by atoms with Crippen LogP contribution in [0.3, 0.4) is 0 Å². The molecule has 1 unspecified atom stereocenters. The van der Waals surface area contributed by atoms with Crippen molar-refractivity contribution in [1.82, 2.24) is 0 Å². The maximum atomic E-state index is 10.2. The molecule has 0 aromatic heterocycles. The third-order valence-electron chi connectivity index (χ3n) is 2.51. The van der Waals surface area contributed by atoms with Gasteiger partial charge in [-0.25, -0.2) is 0 Å². The van der Waals surface area contributed by atoms with Crippen LogP contribution in [0, 0.1) is 0 Å². The molecule has 1 N–H and O–H groups in total. The van der Waals surface area contributed by atoms with E-state index in [0.29, 0.717) is 24.5 Å². The Morgan fingerprint density at radius 3 is 2.33 bits per heavy atom. The Hall–Kier alpha value is -1.14. The lowest BCUT2D eigenvalue weighted by atomic mass is 10.1. The minimum absolute atomic E-state index is 0.421. The first kappa shape index (κ1) is 14.9. The van der Waals surface area contributed by atoms with Crippen LogP contribution in [-0.4, -0.2) is 45.9 Å². The Balaban J connectivity index is 2.79. The molecule has 0 spiro atoms. The fraction of sp³-hybridized carbons (Fsp3) is 0.538. The lowest BCUT2D eigenvalue weighted by molar-refractivity contribution is -0.166. The van der Waals surface area contributed by atoms with Crippen LogP contribution in [0.4, 0.5) is 0 Å². The molecule has 18 heavy (non-hydrogen) atoms. The number of hydrogen-bond donors (Lipinski definition) is 1. The van der Waals surface area contributed by atoms with E-state index in [-0.39, 0.29) is 0 Å². The maximum absolute atomic E-state index is 10.2. The summed E-state index contributed by atoms with van der Waals surface area (Å²) in [6.07, 6.45) is -1.63. The number of benzene rings is 1. The highest BCUT2D eigenvalue weighted by molar-refractivity contribution is 5.35. The van der Waals surface area contributed by atoms with Crippen molar-refractivity contribution in [1.29, 1.82) is 0 Å². The van der Waals surface area contributed by atoms with Gasteiger partial charge < -0.3 is 24.1 Å². The molecule has 0 aliphatic rings. The number of aliphatic hydroxyl groups is 1. The molecule has 0 bridgehead atoms. The smallest absolute Gasteiger partial charge is 0.187 e. The summed E-state index contributed by atoms with van der Waals surface area (Å²) in [5, 5.41) is 10.2. The Bertz CT molecular complexity index is 338. The molecule has 0 saturated heterocycles. The molecule has 1 rings (SSSR count). The fourth-order valence-corrected chi connectivity index (χ4v) is 1.59. The third-order valence-corrected chi connectivity index (χ3v) is 2.51. The molecule has 102 valence electrons. The molecule has 0 amide bonds. The molecule has 0 saturated carbocycles. The van der Waals surface area contributed by atoms with Gasteiger partial charge in [-0.1, -0.05) is 18.2 Å². The third kappa shape index (κ3) is 3.96. The summed E-state index contributed by atoms with van der Waals surface area (Å²) in [6, 6.07) is 7.23. The molecule has 0 fully saturated rings. The van der Waals surface area contributed by atoms with Gasteiger partial charge in [0.1, 0.15) is 18.5 Å². The molecular weight excluding hydrogens is 236 g/mol. The summed E-state index contributed by atoms with van der Waals surface area (Å²) in [7, 11) is 4.56. The summed E-state index contributed by atoms with van der Waals surface area (Å²) >= 11 is 0. The van der Waals surface area contributed by atoms with Crippen LogP contribution >= 0.6 is 0 Å².